The summed E-state index contributed by atoms with van der Waals surface area (Å²) in [6.45, 7) is 7.58. The SMILES string of the molecule is CCNC(=NCc1cnn(-c2ccccc2)c1)NCCOCC. The van der Waals surface area contributed by atoms with Crippen LogP contribution in [-0.2, 0) is 11.3 Å². The zero-order valence-electron chi connectivity index (χ0n) is 13.8. The third-order valence-electron chi connectivity index (χ3n) is 3.16. The number of benzene rings is 1. The molecule has 0 aliphatic carbocycles. The molecule has 2 rings (SSSR count). The molecule has 6 heteroatoms. The highest BCUT2D eigenvalue weighted by atomic mass is 16.5. The Morgan fingerprint density at radius 2 is 2.04 bits per heavy atom. The molecule has 0 fully saturated rings. The van der Waals surface area contributed by atoms with Gasteiger partial charge in [-0.05, 0) is 26.0 Å². The molecule has 1 heterocycles. The van der Waals surface area contributed by atoms with Crippen molar-refractivity contribution in [3.8, 4) is 5.69 Å². The Morgan fingerprint density at radius 1 is 1.22 bits per heavy atom. The van der Waals surface area contributed by atoms with Crippen molar-refractivity contribution < 1.29 is 4.74 Å². The van der Waals surface area contributed by atoms with Crippen LogP contribution in [0, 0.1) is 0 Å². The molecule has 0 amide bonds. The minimum Gasteiger partial charge on any atom is -0.380 e. The van der Waals surface area contributed by atoms with Crippen molar-refractivity contribution >= 4 is 5.96 Å². The van der Waals surface area contributed by atoms with Gasteiger partial charge in [0.05, 0.1) is 25.0 Å². The molecule has 0 unspecified atom stereocenters. The van der Waals surface area contributed by atoms with Crippen molar-refractivity contribution in [2.75, 3.05) is 26.3 Å². The average Bonchev–Trinajstić information content (AvgIpc) is 3.06. The smallest absolute Gasteiger partial charge is 0.191 e. The summed E-state index contributed by atoms with van der Waals surface area (Å²) in [5.74, 6) is 0.791. The number of rotatable bonds is 8. The Bertz CT molecular complexity index is 594. The lowest BCUT2D eigenvalue weighted by atomic mass is 10.3. The standard InChI is InChI=1S/C17H25N5O/c1-3-18-17(19-10-11-23-4-2)20-12-15-13-21-22(14-15)16-8-6-5-7-9-16/h5-9,13-14H,3-4,10-12H2,1-2H3,(H2,18,19,20). The quantitative estimate of drug-likeness (QED) is 0.444. The van der Waals surface area contributed by atoms with Crippen molar-refractivity contribution in [1.29, 1.82) is 0 Å². The maximum atomic E-state index is 5.32. The van der Waals surface area contributed by atoms with Gasteiger partial charge in [0.1, 0.15) is 0 Å². The van der Waals surface area contributed by atoms with Gasteiger partial charge < -0.3 is 15.4 Å². The molecule has 0 aliphatic heterocycles. The molecule has 1 aromatic carbocycles. The summed E-state index contributed by atoms with van der Waals surface area (Å²) in [7, 11) is 0. The van der Waals surface area contributed by atoms with E-state index in [1.54, 1.807) is 0 Å². The van der Waals surface area contributed by atoms with E-state index in [0.29, 0.717) is 13.2 Å². The molecule has 2 aromatic rings. The van der Waals surface area contributed by atoms with Gasteiger partial charge in [-0.25, -0.2) is 9.67 Å². The van der Waals surface area contributed by atoms with Crippen LogP contribution in [-0.4, -0.2) is 42.0 Å². The summed E-state index contributed by atoms with van der Waals surface area (Å²) in [5.41, 5.74) is 2.11. The second kappa shape index (κ2) is 9.63. The Morgan fingerprint density at radius 3 is 2.78 bits per heavy atom. The molecule has 0 atom stereocenters. The first kappa shape index (κ1) is 17.0. The Hall–Kier alpha value is -2.34. The summed E-state index contributed by atoms with van der Waals surface area (Å²) < 4.78 is 7.18. The molecule has 0 bridgehead atoms. The number of hydrogen-bond acceptors (Lipinski definition) is 3. The van der Waals surface area contributed by atoms with Crippen molar-refractivity contribution in [1.82, 2.24) is 20.4 Å². The van der Waals surface area contributed by atoms with E-state index >= 15 is 0 Å². The summed E-state index contributed by atoms with van der Waals surface area (Å²) in [6.07, 6.45) is 3.85. The minimum atomic E-state index is 0.580. The second-order valence-corrected chi connectivity index (χ2v) is 4.95. The van der Waals surface area contributed by atoms with Crippen LogP contribution < -0.4 is 10.6 Å². The summed E-state index contributed by atoms with van der Waals surface area (Å²) in [6, 6.07) is 10.1. The molecule has 2 N–H and O–H groups in total. The van der Waals surface area contributed by atoms with E-state index in [2.05, 4.69) is 20.7 Å². The predicted molar refractivity (Wildman–Crippen MR) is 92.9 cm³/mol. The zero-order chi connectivity index (χ0) is 16.3. The molecule has 6 nitrogen and oxygen atoms in total. The predicted octanol–water partition coefficient (Wildman–Crippen LogP) is 1.96. The largest absolute Gasteiger partial charge is 0.380 e. The third-order valence-corrected chi connectivity index (χ3v) is 3.16. The number of nitrogens with one attached hydrogen (secondary N) is 2. The van der Waals surface area contributed by atoms with Crippen molar-refractivity contribution in [2.24, 2.45) is 4.99 Å². The fourth-order valence-electron chi connectivity index (χ4n) is 2.06. The number of aliphatic imine (C=N–C) groups is 1. The van der Waals surface area contributed by atoms with Crippen LogP contribution >= 0.6 is 0 Å². The lowest BCUT2D eigenvalue weighted by Crippen LogP contribution is -2.38. The van der Waals surface area contributed by atoms with Gasteiger partial charge >= 0.3 is 0 Å². The number of hydrogen-bond donors (Lipinski definition) is 2. The van der Waals surface area contributed by atoms with Crippen molar-refractivity contribution in [3.05, 3.63) is 48.3 Å². The zero-order valence-corrected chi connectivity index (χ0v) is 13.8. The van der Waals surface area contributed by atoms with Crippen LogP contribution in [0.2, 0.25) is 0 Å². The van der Waals surface area contributed by atoms with Gasteiger partial charge in [0.2, 0.25) is 0 Å². The van der Waals surface area contributed by atoms with Gasteiger partial charge in [0.15, 0.2) is 5.96 Å². The molecule has 0 radical (unpaired) electrons. The average molecular weight is 315 g/mol. The van der Waals surface area contributed by atoms with Gasteiger partial charge in [-0.2, -0.15) is 5.10 Å². The first-order valence-corrected chi connectivity index (χ1v) is 8.02. The van der Waals surface area contributed by atoms with Gasteiger partial charge in [0.25, 0.3) is 0 Å². The summed E-state index contributed by atoms with van der Waals surface area (Å²) >= 11 is 0. The number of guanidine groups is 1. The lowest BCUT2D eigenvalue weighted by Gasteiger charge is -2.10. The van der Waals surface area contributed by atoms with Crippen molar-refractivity contribution in [2.45, 2.75) is 20.4 Å². The van der Waals surface area contributed by atoms with Crippen molar-refractivity contribution in [3.63, 3.8) is 0 Å². The number of aromatic nitrogens is 2. The van der Waals surface area contributed by atoms with Crippen LogP contribution in [0.4, 0.5) is 0 Å². The van der Waals surface area contributed by atoms with Crippen LogP contribution in [0.5, 0.6) is 0 Å². The molecule has 1 aromatic heterocycles. The number of nitrogens with zero attached hydrogens (tertiary/aromatic N) is 3. The molecule has 0 saturated heterocycles. The first-order valence-electron chi connectivity index (χ1n) is 8.02. The Kier molecular flexibility index (Phi) is 7.13. The van der Waals surface area contributed by atoms with E-state index in [1.807, 2.05) is 61.3 Å². The van der Waals surface area contributed by atoms with E-state index in [-0.39, 0.29) is 0 Å². The van der Waals surface area contributed by atoms with E-state index in [9.17, 15) is 0 Å². The topological polar surface area (TPSA) is 63.5 Å². The lowest BCUT2D eigenvalue weighted by molar-refractivity contribution is 0.152. The normalized spacial score (nSPS) is 11.5. The van der Waals surface area contributed by atoms with Crippen LogP contribution in [0.25, 0.3) is 5.69 Å². The van der Waals surface area contributed by atoms with Gasteiger partial charge in [-0.15, -0.1) is 0 Å². The van der Waals surface area contributed by atoms with Gasteiger partial charge in [-0.3, -0.25) is 0 Å². The van der Waals surface area contributed by atoms with Crippen LogP contribution in [0.15, 0.2) is 47.7 Å². The van der Waals surface area contributed by atoms with E-state index in [4.69, 9.17) is 4.74 Å². The van der Waals surface area contributed by atoms with E-state index < -0.39 is 0 Å². The molecule has 23 heavy (non-hydrogen) atoms. The maximum absolute atomic E-state index is 5.32. The van der Waals surface area contributed by atoms with Crippen LogP contribution in [0.1, 0.15) is 19.4 Å². The molecule has 124 valence electrons. The molecular weight excluding hydrogens is 290 g/mol. The Balaban J connectivity index is 1.92. The highest BCUT2D eigenvalue weighted by molar-refractivity contribution is 5.79. The molecule has 0 saturated carbocycles. The second-order valence-electron chi connectivity index (χ2n) is 4.95. The fourth-order valence-corrected chi connectivity index (χ4v) is 2.06. The maximum Gasteiger partial charge on any atom is 0.191 e. The Labute approximate surface area is 137 Å². The van der Waals surface area contributed by atoms with Gasteiger partial charge in [0, 0.05) is 31.5 Å². The van der Waals surface area contributed by atoms with E-state index in [1.165, 1.54) is 0 Å². The first-order chi connectivity index (χ1) is 11.3. The van der Waals surface area contributed by atoms with Crippen LogP contribution in [0.3, 0.4) is 0 Å². The highest BCUT2D eigenvalue weighted by Crippen LogP contribution is 2.08. The third kappa shape index (κ3) is 5.75. The molecule has 0 spiro atoms. The monoisotopic (exact) mass is 315 g/mol. The summed E-state index contributed by atoms with van der Waals surface area (Å²) in [5, 5.41) is 10.9. The molecule has 0 aliphatic rings. The van der Waals surface area contributed by atoms with Gasteiger partial charge in [-0.1, -0.05) is 18.2 Å². The molecular formula is C17H25N5O. The highest BCUT2D eigenvalue weighted by Gasteiger charge is 2.01. The minimum absolute atomic E-state index is 0.580. The van der Waals surface area contributed by atoms with E-state index in [0.717, 1.165) is 36.9 Å². The fraction of sp³-hybridized carbons (Fsp3) is 0.412. The number of ether oxygens (including phenoxy) is 1. The number of para-hydroxylation sites is 1. The summed E-state index contributed by atoms with van der Waals surface area (Å²) in [4.78, 5) is 4.57.